The molecule has 0 aliphatic heterocycles. The van der Waals surface area contributed by atoms with Crippen LogP contribution in [0.2, 0.25) is 0 Å². The van der Waals surface area contributed by atoms with Gasteiger partial charge in [0.05, 0.1) is 11.3 Å². The minimum absolute atomic E-state index is 0.0729. The number of aromatic nitrogens is 1. The van der Waals surface area contributed by atoms with Crippen molar-refractivity contribution in [1.29, 1.82) is 5.26 Å². The summed E-state index contributed by atoms with van der Waals surface area (Å²) in [6.45, 7) is -0.0729. The molecule has 4 nitrogen and oxygen atoms in total. The van der Waals surface area contributed by atoms with Crippen molar-refractivity contribution in [2.24, 2.45) is 7.05 Å². The van der Waals surface area contributed by atoms with E-state index < -0.39 is 0 Å². The molecule has 0 fully saturated rings. The summed E-state index contributed by atoms with van der Waals surface area (Å²) in [6, 6.07) is 12.4. The molecule has 1 aromatic heterocycles. The van der Waals surface area contributed by atoms with Gasteiger partial charge in [-0.1, -0.05) is 12.1 Å². The van der Waals surface area contributed by atoms with E-state index in [9.17, 15) is 4.79 Å². The van der Waals surface area contributed by atoms with Crippen molar-refractivity contribution < 1.29 is 9.53 Å². The first-order chi connectivity index (χ1) is 8.72. The van der Waals surface area contributed by atoms with Gasteiger partial charge in [0.2, 0.25) is 5.78 Å². The highest BCUT2D eigenvalue weighted by Gasteiger charge is 2.11. The molecule has 0 aliphatic carbocycles. The summed E-state index contributed by atoms with van der Waals surface area (Å²) >= 11 is 0. The fourth-order valence-corrected chi connectivity index (χ4v) is 1.65. The lowest BCUT2D eigenvalue weighted by molar-refractivity contribution is 0.0913. The molecule has 0 saturated carbocycles. The van der Waals surface area contributed by atoms with Crippen LogP contribution in [0.4, 0.5) is 0 Å². The highest BCUT2D eigenvalue weighted by molar-refractivity contribution is 5.95. The van der Waals surface area contributed by atoms with Gasteiger partial charge < -0.3 is 9.30 Å². The van der Waals surface area contributed by atoms with Gasteiger partial charge in [0.25, 0.3) is 0 Å². The third-order valence-corrected chi connectivity index (χ3v) is 2.60. The van der Waals surface area contributed by atoms with Crippen molar-refractivity contribution in [3.63, 3.8) is 0 Å². The van der Waals surface area contributed by atoms with Crippen LogP contribution in [0.1, 0.15) is 16.1 Å². The molecule has 2 rings (SSSR count). The zero-order valence-corrected chi connectivity index (χ0v) is 9.96. The Bertz CT molecular complexity index is 608. The van der Waals surface area contributed by atoms with E-state index in [1.165, 1.54) is 0 Å². The predicted molar refractivity (Wildman–Crippen MR) is 66.4 cm³/mol. The number of ether oxygens (including phenoxy) is 1. The Morgan fingerprint density at radius 1 is 1.33 bits per heavy atom. The molecule has 0 N–H and O–H groups in total. The molecule has 1 aromatic carbocycles. The number of nitriles is 1. The molecule has 0 unspecified atom stereocenters. The van der Waals surface area contributed by atoms with Crippen LogP contribution in [0.25, 0.3) is 0 Å². The largest absolute Gasteiger partial charge is 0.484 e. The SMILES string of the molecule is Cn1cccc1C(=O)COc1ccccc1C#N. The van der Waals surface area contributed by atoms with Crippen LogP contribution in [0.15, 0.2) is 42.6 Å². The van der Waals surface area contributed by atoms with Crippen LogP contribution < -0.4 is 4.74 Å². The molecular weight excluding hydrogens is 228 g/mol. The zero-order valence-electron chi connectivity index (χ0n) is 9.96. The molecule has 0 spiro atoms. The molecule has 0 radical (unpaired) electrons. The van der Waals surface area contributed by atoms with E-state index in [0.29, 0.717) is 17.0 Å². The molecule has 18 heavy (non-hydrogen) atoms. The summed E-state index contributed by atoms with van der Waals surface area (Å²) in [7, 11) is 1.80. The average molecular weight is 240 g/mol. The van der Waals surface area contributed by atoms with Crippen molar-refractivity contribution in [2.45, 2.75) is 0 Å². The van der Waals surface area contributed by atoms with Crippen LogP contribution in [0.5, 0.6) is 5.75 Å². The number of ketones is 1. The summed E-state index contributed by atoms with van der Waals surface area (Å²) in [6.07, 6.45) is 1.80. The second-order valence-corrected chi connectivity index (χ2v) is 3.82. The van der Waals surface area contributed by atoms with Crippen molar-refractivity contribution in [2.75, 3.05) is 6.61 Å². The van der Waals surface area contributed by atoms with Gasteiger partial charge in [0.1, 0.15) is 11.8 Å². The predicted octanol–water partition coefficient (Wildman–Crippen LogP) is 2.16. The maximum atomic E-state index is 11.9. The standard InChI is InChI=1S/C14H12N2O2/c1-16-8-4-6-12(16)13(17)10-18-14-7-3-2-5-11(14)9-15/h2-8H,10H2,1H3. The second-order valence-electron chi connectivity index (χ2n) is 3.82. The summed E-state index contributed by atoms with van der Waals surface area (Å²) in [5, 5.41) is 8.89. The summed E-state index contributed by atoms with van der Waals surface area (Å²) in [5.41, 5.74) is 1.02. The molecule has 0 aliphatic rings. The topological polar surface area (TPSA) is 55.0 Å². The summed E-state index contributed by atoms with van der Waals surface area (Å²) in [4.78, 5) is 11.9. The number of para-hydroxylation sites is 1. The minimum Gasteiger partial charge on any atom is -0.484 e. The molecule has 0 atom stereocenters. The summed E-state index contributed by atoms with van der Waals surface area (Å²) in [5.74, 6) is 0.317. The number of Topliss-reactive ketones (excluding diaryl/α,β-unsaturated/α-hetero) is 1. The highest BCUT2D eigenvalue weighted by atomic mass is 16.5. The molecule has 1 heterocycles. The Morgan fingerprint density at radius 2 is 2.11 bits per heavy atom. The number of hydrogen-bond acceptors (Lipinski definition) is 3. The van der Waals surface area contributed by atoms with Crippen LogP contribution >= 0.6 is 0 Å². The van der Waals surface area contributed by atoms with Crippen molar-refractivity contribution in [3.8, 4) is 11.8 Å². The summed E-state index contributed by atoms with van der Waals surface area (Å²) < 4.78 is 7.12. The average Bonchev–Trinajstić information content (AvgIpc) is 2.82. The van der Waals surface area contributed by atoms with E-state index in [1.54, 1.807) is 54.2 Å². The Hall–Kier alpha value is -2.54. The van der Waals surface area contributed by atoms with Crippen molar-refractivity contribution >= 4 is 5.78 Å². The van der Waals surface area contributed by atoms with Crippen LogP contribution in [0, 0.1) is 11.3 Å². The molecular formula is C14H12N2O2. The van der Waals surface area contributed by atoms with Gasteiger partial charge in [-0.2, -0.15) is 5.26 Å². The lowest BCUT2D eigenvalue weighted by atomic mass is 10.2. The number of nitrogens with zero attached hydrogens (tertiary/aromatic N) is 2. The van der Waals surface area contributed by atoms with Gasteiger partial charge in [0, 0.05) is 13.2 Å². The van der Waals surface area contributed by atoms with Crippen molar-refractivity contribution in [3.05, 3.63) is 53.9 Å². The third-order valence-electron chi connectivity index (χ3n) is 2.60. The van der Waals surface area contributed by atoms with Crippen LogP contribution in [-0.4, -0.2) is 17.0 Å². The quantitative estimate of drug-likeness (QED) is 0.769. The lowest BCUT2D eigenvalue weighted by Gasteiger charge is -2.07. The van der Waals surface area contributed by atoms with Gasteiger partial charge in [-0.3, -0.25) is 4.79 Å². The molecule has 90 valence electrons. The minimum atomic E-state index is -0.116. The van der Waals surface area contributed by atoms with E-state index in [0.717, 1.165) is 0 Å². The molecule has 0 amide bonds. The number of rotatable bonds is 4. The smallest absolute Gasteiger partial charge is 0.216 e. The van der Waals surface area contributed by atoms with Gasteiger partial charge in [-0.15, -0.1) is 0 Å². The number of carbonyl (C=O) groups excluding carboxylic acids is 1. The maximum absolute atomic E-state index is 11.9. The van der Waals surface area contributed by atoms with E-state index in [2.05, 4.69) is 0 Å². The van der Waals surface area contributed by atoms with E-state index in [1.807, 2.05) is 6.07 Å². The third kappa shape index (κ3) is 2.41. The Labute approximate surface area is 105 Å². The lowest BCUT2D eigenvalue weighted by Crippen LogP contribution is -2.15. The Kier molecular flexibility index (Phi) is 3.44. The first kappa shape index (κ1) is 11.9. The van der Waals surface area contributed by atoms with Gasteiger partial charge >= 0.3 is 0 Å². The number of hydrogen-bond donors (Lipinski definition) is 0. The second kappa shape index (κ2) is 5.19. The highest BCUT2D eigenvalue weighted by Crippen LogP contribution is 2.16. The van der Waals surface area contributed by atoms with Gasteiger partial charge in [-0.05, 0) is 24.3 Å². The van der Waals surface area contributed by atoms with E-state index in [-0.39, 0.29) is 12.4 Å². The molecule has 4 heteroatoms. The first-order valence-electron chi connectivity index (χ1n) is 5.49. The van der Waals surface area contributed by atoms with Crippen molar-refractivity contribution in [1.82, 2.24) is 4.57 Å². The molecule has 0 saturated heterocycles. The monoisotopic (exact) mass is 240 g/mol. The van der Waals surface area contributed by atoms with Crippen LogP contribution in [0.3, 0.4) is 0 Å². The van der Waals surface area contributed by atoms with Crippen LogP contribution in [-0.2, 0) is 7.05 Å². The van der Waals surface area contributed by atoms with E-state index in [4.69, 9.17) is 10.00 Å². The number of benzene rings is 1. The maximum Gasteiger partial charge on any atom is 0.216 e. The molecule has 0 bridgehead atoms. The van der Waals surface area contributed by atoms with E-state index >= 15 is 0 Å². The normalized spacial score (nSPS) is 9.78. The Balaban J connectivity index is 2.07. The van der Waals surface area contributed by atoms with Gasteiger partial charge in [0.15, 0.2) is 6.61 Å². The molecule has 2 aromatic rings. The fraction of sp³-hybridized carbons (Fsp3) is 0.143. The number of aryl methyl sites for hydroxylation is 1. The Morgan fingerprint density at radius 3 is 2.78 bits per heavy atom. The first-order valence-corrected chi connectivity index (χ1v) is 5.49. The number of carbonyl (C=O) groups is 1. The van der Waals surface area contributed by atoms with Gasteiger partial charge in [-0.25, -0.2) is 0 Å². The fourth-order valence-electron chi connectivity index (χ4n) is 1.65. The zero-order chi connectivity index (χ0) is 13.0.